The topological polar surface area (TPSA) is 38.3 Å². The van der Waals surface area contributed by atoms with Gasteiger partial charge in [-0.1, -0.05) is 48.5 Å². The number of nitrogens with one attached hydrogen (secondary N) is 1. The van der Waals surface area contributed by atoms with Crippen molar-refractivity contribution < 1.29 is 9.53 Å². The first-order valence-electron chi connectivity index (χ1n) is 6.99. The number of ether oxygens (including phenoxy) is 1. The monoisotopic (exact) mass is 315 g/mol. The summed E-state index contributed by atoms with van der Waals surface area (Å²) in [6.07, 6.45) is 5.14. The van der Waals surface area contributed by atoms with Crippen molar-refractivity contribution in [3.05, 3.63) is 28.2 Å². The Morgan fingerprint density at radius 2 is 2.00 bits per heavy atom. The fourth-order valence-electron chi connectivity index (χ4n) is 2.38. The molecule has 0 radical (unpaired) electrons. The van der Waals surface area contributed by atoms with Gasteiger partial charge in [-0.2, -0.15) is 0 Å². The summed E-state index contributed by atoms with van der Waals surface area (Å²) in [5.41, 5.74) is 0. The fourth-order valence-corrected chi connectivity index (χ4v) is 2.72. The molecule has 3 nitrogen and oxygen atoms in total. The molecule has 20 heavy (non-hydrogen) atoms. The van der Waals surface area contributed by atoms with Gasteiger partial charge in [-0.25, -0.2) is 0 Å². The smallest absolute Gasteiger partial charge is 0.260 e. The van der Waals surface area contributed by atoms with Crippen molar-refractivity contribution in [3.63, 3.8) is 0 Å². The van der Waals surface area contributed by atoms with Gasteiger partial charge in [-0.3, -0.25) is 4.79 Å². The Bertz CT molecular complexity index is 473. The molecule has 1 saturated carbocycles. The van der Waals surface area contributed by atoms with Gasteiger partial charge in [-0.15, -0.1) is 0 Å². The molecule has 0 bridgehead atoms. The number of hydrogen-bond acceptors (Lipinski definition) is 2. The van der Waals surface area contributed by atoms with Gasteiger partial charge in [0.05, 0.1) is 5.02 Å². The van der Waals surface area contributed by atoms with E-state index in [1.165, 1.54) is 19.3 Å². The molecule has 0 heterocycles. The Morgan fingerprint density at radius 1 is 1.30 bits per heavy atom. The molecule has 1 aromatic rings. The first kappa shape index (κ1) is 15.5. The first-order chi connectivity index (χ1) is 9.58. The largest absolute Gasteiger partial charge is 0.479 e. The number of benzene rings is 1. The van der Waals surface area contributed by atoms with E-state index < -0.39 is 6.10 Å². The van der Waals surface area contributed by atoms with Crippen LogP contribution in [0.2, 0.25) is 10.0 Å². The maximum Gasteiger partial charge on any atom is 0.260 e. The zero-order chi connectivity index (χ0) is 14.5. The molecule has 2 rings (SSSR count). The fraction of sp³-hybridized carbons (Fsp3) is 0.533. The van der Waals surface area contributed by atoms with Crippen molar-refractivity contribution >= 4 is 29.1 Å². The molecular formula is C15H19Cl2NO2. The molecule has 1 amide bonds. The molecule has 0 saturated heterocycles. The van der Waals surface area contributed by atoms with E-state index in [2.05, 4.69) is 5.32 Å². The summed E-state index contributed by atoms with van der Waals surface area (Å²) in [5, 5.41) is 3.79. The second-order valence-corrected chi connectivity index (χ2v) is 5.94. The van der Waals surface area contributed by atoms with Gasteiger partial charge in [0.2, 0.25) is 0 Å². The Kier molecular flexibility index (Phi) is 5.55. The second kappa shape index (κ2) is 7.19. The maximum atomic E-state index is 12.1. The lowest BCUT2D eigenvalue weighted by molar-refractivity contribution is -0.128. The summed E-state index contributed by atoms with van der Waals surface area (Å²) in [6, 6.07) is 5.41. The highest BCUT2D eigenvalue weighted by molar-refractivity contribution is 6.42. The van der Waals surface area contributed by atoms with Crippen molar-refractivity contribution in [2.24, 2.45) is 0 Å². The van der Waals surface area contributed by atoms with Crippen molar-refractivity contribution in [1.82, 2.24) is 5.32 Å². The molecule has 5 heteroatoms. The summed E-state index contributed by atoms with van der Waals surface area (Å²) in [6.45, 7) is 1.72. The Labute approximate surface area is 129 Å². The predicted molar refractivity (Wildman–Crippen MR) is 81.6 cm³/mol. The minimum Gasteiger partial charge on any atom is -0.479 e. The number of amides is 1. The van der Waals surface area contributed by atoms with Crippen LogP contribution in [-0.2, 0) is 4.79 Å². The average molecular weight is 316 g/mol. The van der Waals surface area contributed by atoms with Crippen molar-refractivity contribution in [3.8, 4) is 5.75 Å². The lowest BCUT2D eigenvalue weighted by Gasteiger charge is -2.24. The molecule has 1 N–H and O–H groups in total. The summed E-state index contributed by atoms with van der Waals surface area (Å²) < 4.78 is 5.60. The lowest BCUT2D eigenvalue weighted by atomic mass is 9.95. The number of carbonyl (C=O) groups is 1. The highest BCUT2D eigenvalue weighted by atomic mass is 35.5. The quantitative estimate of drug-likeness (QED) is 0.903. The van der Waals surface area contributed by atoms with Crippen LogP contribution in [0.1, 0.15) is 39.0 Å². The third-order valence-corrected chi connectivity index (χ3v) is 4.34. The SMILES string of the molecule is C[C@H](Oc1cccc(Cl)c1Cl)C(=O)NC1CCCCC1. The van der Waals surface area contributed by atoms with Crippen LogP contribution in [0.5, 0.6) is 5.75 Å². The molecule has 1 aliphatic carbocycles. The third-order valence-electron chi connectivity index (χ3n) is 3.54. The molecule has 1 fully saturated rings. The van der Waals surface area contributed by atoms with Gasteiger partial charge >= 0.3 is 0 Å². The zero-order valence-corrected chi connectivity index (χ0v) is 13.0. The summed E-state index contributed by atoms with van der Waals surface area (Å²) in [4.78, 5) is 12.1. The molecule has 110 valence electrons. The minimum absolute atomic E-state index is 0.104. The van der Waals surface area contributed by atoms with E-state index in [0.717, 1.165) is 12.8 Å². The molecule has 1 aliphatic rings. The van der Waals surface area contributed by atoms with Crippen LogP contribution in [0, 0.1) is 0 Å². The molecule has 0 unspecified atom stereocenters. The minimum atomic E-state index is -0.590. The van der Waals surface area contributed by atoms with Crippen LogP contribution in [-0.4, -0.2) is 18.1 Å². The molecule has 0 aliphatic heterocycles. The van der Waals surface area contributed by atoms with Crippen LogP contribution in [0.3, 0.4) is 0 Å². The molecular weight excluding hydrogens is 297 g/mol. The highest BCUT2D eigenvalue weighted by Gasteiger charge is 2.21. The van der Waals surface area contributed by atoms with Crippen molar-refractivity contribution in [1.29, 1.82) is 0 Å². The van der Waals surface area contributed by atoms with Gasteiger partial charge in [0.1, 0.15) is 10.8 Å². The van der Waals surface area contributed by atoms with Crippen LogP contribution in [0.4, 0.5) is 0 Å². The standard InChI is InChI=1S/C15H19Cl2NO2/c1-10(15(19)18-11-6-3-2-4-7-11)20-13-9-5-8-12(16)14(13)17/h5,8-11H,2-4,6-7H2,1H3,(H,18,19)/t10-/m0/s1. The number of halogens is 2. The Morgan fingerprint density at radius 3 is 2.70 bits per heavy atom. The average Bonchev–Trinajstić information content (AvgIpc) is 2.45. The van der Waals surface area contributed by atoms with Crippen LogP contribution in [0.25, 0.3) is 0 Å². The van der Waals surface area contributed by atoms with Gasteiger partial charge in [0, 0.05) is 6.04 Å². The van der Waals surface area contributed by atoms with E-state index in [9.17, 15) is 4.79 Å². The summed E-state index contributed by atoms with van der Waals surface area (Å²) in [5.74, 6) is 0.332. The Hall–Kier alpha value is -0.930. The number of hydrogen-bond donors (Lipinski definition) is 1. The van der Waals surface area contributed by atoms with E-state index in [1.54, 1.807) is 25.1 Å². The molecule has 1 atom stereocenters. The second-order valence-electron chi connectivity index (χ2n) is 5.16. The van der Waals surface area contributed by atoms with E-state index in [1.807, 2.05) is 0 Å². The lowest BCUT2D eigenvalue weighted by Crippen LogP contribution is -2.43. The van der Waals surface area contributed by atoms with Gasteiger partial charge in [0.25, 0.3) is 5.91 Å². The first-order valence-corrected chi connectivity index (χ1v) is 7.74. The number of rotatable bonds is 4. The Balaban J connectivity index is 1.91. The maximum absolute atomic E-state index is 12.1. The molecule has 0 spiro atoms. The zero-order valence-electron chi connectivity index (χ0n) is 11.5. The van der Waals surface area contributed by atoms with E-state index >= 15 is 0 Å². The van der Waals surface area contributed by atoms with Crippen LogP contribution < -0.4 is 10.1 Å². The van der Waals surface area contributed by atoms with E-state index in [4.69, 9.17) is 27.9 Å². The summed E-state index contributed by atoms with van der Waals surface area (Å²) in [7, 11) is 0. The summed E-state index contributed by atoms with van der Waals surface area (Å²) >= 11 is 12.0. The molecule has 0 aromatic heterocycles. The van der Waals surface area contributed by atoms with Gasteiger partial charge in [-0.05, 0) is 31.9 Å². The predicted octanol–water partition coefficient (Wildman–Crippen LogP) is 4.21. The highest BCUT2D eigenvalue weighted by Crippen LogP contribution is 2.32. The number of carbonyl (C=O) groups excluding carboxylic acids is 1. The van der Waals surface area contributed by atoms with E-state index in [-0.39, 0.29) is 11.9 Å². The van der Waals surface area contributed by atoms with Crippen LogP contribution in [0.15, 0.2) is 18.2 Å². The van der Waals surface area contributed by atoms with Gasteiger partial charge in [0.15, 0.2) is 6.10 Å². The van der Waals surface area contributed by atoms with Gasteiger partial charge < -0.3 is 10.1 Å². The van der Waals surface area contributed by atoms with Crippen molar-refractivity contribution in [2.45, 2.75) is 51.2 Å². The van der Waals surface area contributed by atoms with Crippen molar-refractivity contribution in [2.75, 3.05) is 0 Å². The van der Waals surface area contributed by atoms with Crippen LogP contribution >= 0.6 is 23.2 Å². The molecule has 1 aromatic carbocycles. The third kappa shape index (κ3) is 4.03. The normalized spacial score (nSPS) is 17.6. The van der Waals surface area contributed by atoms with E-state index in [0.29, 0.717) is 15.8 Å².